The lowest BCUT2D eigenvalue weighted by molar-refractivity contribution is 0.0534. The van der Waals surface area contributed by atoms with Crippen LogP contribution >= 0.6 is 0 Å². The van der Waals surface area contributed by atoms with Crippen molar-refractivity contribution in [2.24, 2.45) is 0 Å². The van der Waals surface area contributed by atoms with Gasteiger partial charge in [0.15, 0.2) is 0 Å². The molecule has 0 aromatic heterocycles. The van der Waals surface area contributed by atoms with Crippen molar-refractivity contribution in [1.82, 2.24) is 9.80 Å². The monoisotopic (exact) mass is 279 g/mol. The summed E-state index contributed by atoms with van der Waals surface area (Å²) in [6, 6.07) is 4.79. The second-order valence-electron chi connectivity index (χ2n) is 5.30. The molecule has 0 bridgehead atoms. The average molecular weight is 279 g/mol. The zero-order valence-electron chi connectivity index (χ0n) is 12.3. The number of halogens is 1. The summed E-state index contributed by atoms with van der Waals surface area (Å²) in [5, 5.41) is 2.96. The van der Waals surface area contributed by atoms with Gasteiger partial charge < -0.3 is 15.1 Å². The zero-order chi connectivity index (χ0) is 14.7. The lowest BCUT2D eigenvalue weighted by Gasteiger charge is -2.38. The first-order valence-electron chi connectivity index (χ1n) is 7.06. The lowest BCUT2D eigenvalue weighted by atomic mass is 10.1. The van der Waals surface area contributed by atoms with Crippen LogP contribution in [0.4, 0.5) is 10.1 Å². The molecule has 4 nitrogen and oxygen atoms in total. The smallest absolute Gasteiger partial charge is 0.256 e. The number of nitrogens with one attached hydrogen (secondary N) is 1. The van der Waals surface area contributed by atoms with Crippen molar-refractivity contribution in [3.63, 3.8) is 0 Å². The Morgan fingerprint density at radius 3 is 2.85 bits per heavy atom. The molecular weight excluding hydrogens is 257 g/mol. The minimum absolute atomic E-state index is 0.0962. The van der Waals surface area contributed by atoms with Crippen LogP contribution < -0.4 is 5.32 Å². The number of piperazine rings is 1. The Bertz CT molecular complexity index is 492. The molecule has 20 heavy (non-hydrogen) atoms. The molecule has 0 aliphatic carbocycles. The third-order valence-corrected chi connectivity index (χ3v) is 3.69. The van der Waals surface area contributed by atoms with Gasteiger partial charge in [-0.15, -0.1) is 0 Å². The number of hydrogen-bond acceptors (Lipinski definition) is 3. The molecule has 1 heterocycles. The van der Waals surface area contributed by atoms with Crippen LogP contribution in [0.1, 0.15) is 24.2 Å². The van der Waals surface area contributed by atoms with Crippen LogP contribution in [0.25, 0.3) is 0 Å². The van der Waals surface area contributed by atoms with Gasteiger partial charge in [0, 0.05) is 32.2 Å². The number of carbonyl (C=O) groups is 1. The zero-order valence-corrected chi connectivity index (χ0v) is 12.3. The van der Waals surface area contributed by atoms with Gasteiger partial charge >= 0.3 is 0 Å². The number of para-hydroxylation sites is 1. The van der Waals surface area contributed by atoms with E-state index in [4.69, 9.17) is 0 Å². The maximum atomic E-state index is 13.9. The molecule has 2 rings (SSSR count). The fraction of sp³-hybridized carbons (Fsp3) is 0.533. The highest BCUT2D eigenvalue weighted by Crippen LogP contribution is 2.23. The predicted octanol–water partition coefficient (Wildman–Crippen LogP) is 2.03. The summed E-state index contributed by atoms with van der Waals surface area (Å²) in [4.78, 5) is 16.7. The van der Waals surface area contributed by atoms with E-state index in [1.807, 2.05) is 25.8 Å². The highest BCUT2D eigenvalue weighted by Gasteiger charge is 2.28. The van der Waals surface area contributed by atoms with E-state index in [2.05, 4.69) is 10.2 Å². The lowest BCUT2D eigenvalue weighted by Crippen LogP contribution is -2.52. The van der Waals surface area contributed by atoms with E-state index in [0.717, 1.165) is 13.1 Å². The van der Waals surface area contributed by atoms with Gasteiger partial charge in [-0.05, 0) is 33.0 Å². The van der Waals surface area contributed by atoms with Gasteiger partial charge in [0.25, 0.3) is 5.91 Å². The van der Waals surface area contributed by atoms with Crippen molar-refractivity contribution in [3.05, 3.63) is 29.6 Å². The molecule has 1 aliphatic heterocycles. The van der Waals surface area contributed by atoms with Crippen molar-refractivity contribution >= 4 is 11.6 Å². The van der Waals surface area contributed by atoms with Crippen LogP contribution in [-0.2, 0) is 0 Å². The Labute approximate surface area is 119 Å². The summed E-state index contributed by atoms with van der Waals surface area (Å²) in [6.45, 7) is 6.87. The third-order valence-electron chi connectivity index (χ3n) is 3.69. The van der Waals surface area contributed by atoms with Crippen LogP contribution in [0.5, 0.6) is 0 Å². The van der Waals surface area contributed by atoms with E-state index in [-0.39, 0.29) is 17.8 Å². The Morgan fingerprint density at radius 1 is 1.45 bits per heavy atom. The molecule has 1 amide bonds. The summed E-state index contributed by atoms with van der Waals surface area (Å²) in [7, 11) is 2.05. The van der Waals surface area contributed by atoms with Crippen LogP contribution in [-0.4, -0.2) is 55.0 Å². The number of nitrogens with zero attached hydrogens (tertiary/aromatic N) is 2. The minimum atomic E-state index is -0.375. The van der Waals surface area contributed by atoms with Gasteiger partial charge in [0.1, 0.15) is 5.82 Å². The van der Waals surface area contributed by atoms with E-state index in [9.17, 15) is 9.18 Å². The molecule has 1 atom stereocenters. The van der Waals surface area contributed by atoms with Gasteiger partial charge in [-0.1, -0.05) is 6.07 Å². The van der Waals surface area contributed by atoms with Crippen molar-refractivity contribution in [3.8, 4) is 0 Å². The van der Waals surface area contributed by atoms with E-state index >= 15 is 0 Å². The van der Waals surface area contributed by atoms with Crippen LogP contribution in [0, 0.1) is 5.82 Å². The molecule has 1 N–H and O–H groups in total. The molecule has 0 saturated carbocycles. The number of amides is 1. The maximum Gasteiger partial charge on any atom is 0.256 e. The largest absolute Gasteiger partial charge is 0.382 e. The summed E-state index contributed by atoms with van der Waals surface area (Å²) >= 11 is 0. The Kier molecular flexibility index (Phi) is 4.60. The predicted molar refractivity (Wildman–Crippen MR) is 78.6 cm³/mol. The van der Waals surface area contributed by atoms with Gasteiger partial charge in [0.05, 0.1) is 11.3 Å². The molecule has 1 saturated heterocycles. The number of benzene rings is 1. The number of carbonyl (C=O) groups excluding carboxylic acids is 1. The highest BCUT2D eigenvalue weighted by molar-refractivity contribution is 6.00. The number of anilines is 1. The molecule has 110 valence electrons. The summed E-state index contributed by atoms with van der Waals surface area (Å²) in [5.74, 6) is -0.472. The SMILES string of the molecule is CCNc1c(F)cccc1C(=O)N1CCN(C)CC1C. The van der Waals surface area contributed by atoms with Gasteiger partial charge in [-0.2, -0.15) is 0 Å². The van der Waals surface area contributed by atoms with Crippen LogP contribution in [0.15, 0.2) is 18.2 Å². The van der Waals surface area contributed by atoms with E-state index in [1.54, 1.807) is 12.1 Å². The van der Waals surface area contributed by atoms with E-state index in [1.165, 1.54) is 6.07 Å². The van der Waals surface area contributed by atoms with Crippen LogP contribution in [0.2, 0.25) is 0 Å². The van der Waals surface area contributed by atoms with Gasteiger partial charge in [-0.3, -0.25) is 4.79 Å². The number of rotatable bonds is 3. The Morgan fingerprint density at radius 2 is 2.20 bits per heavy atom. The molecule has 1 fully saturated rings. The molecule has 1 unspecified atom stereocenters. The first-order chi connectivity index (χ1) is 9.54. The van der Waals surface area contributed by atoms with Crippen molar-refractivity contribution < 1.29 is 9.18 Å². The second-order valence-corrected chi connectivity index (χ2v) is 5.30. The minimum Gasteiger partial charge on any atom is -0.382 e. The highest BCUT2D eigenvalue weighted by atomic mass is 19.1. The second kappa shape index (κ2) is 6.22. The average Bonchev–Trinajstić information content (AvgIpc) is 2.40. The fourth-order valence-electron chi connectivity index (χ4n) is 2.65. The van der Waals surface area contributed by atoms with Crippen molar-refractivity contribution in [2.45, 2.75) is 19.9 Å². The van der Waals surface area contributed by atoms with Gasteiger partial charge in [0.2, 0.25) is 0 Å². The van der Waals surface area contributed by atoms with Gasteiger partial charge in [-0.25, -0.2) is 4.39 Å². The van der Waals surface area contributed by atoms with E-state index in [0.29, 0.717) is 24.3 Å². The number of hydrogen-bond donors (Lipinski definition) is 1. The Hall–Kier alpha value is -1.62. The summed E-state index contributed by atoms with van der Waals surface area (Å²) < 4.78 is 13.9. The molecule has 1 aliphatic rings. The molecule has 5 heteroatoms. The fourth-order valence-corrected chi connectivity index (χ4v) is 2.65. The number of likely N-dealkylation sites (N-methyl/N-ethyl adjacent to an activating group) is 1. The molecule has 0 radical (unpaired) electrons. The van der Waals surface area contributed by atoms with Crippen molar-refractivity contribution in [2.75, 3.05) is 38.5 Å². The quantitative estimate of drug-likeness (QED) is 0.919. The molecule has 0 spiro atoms. The Balaban J connectivity index is 2.27. The molecule has 1 aromatic carbocycles. The van der Waals surface area contributed by atoms with Crippen molar-refractivity contribution in [1.29, 1.82) is 0 Å². The third kappa shape index (κ3) is 2.93. The first kappa shape index (κ1) is 14.8. The summed E-state index contributed by atoms with van der Waals surface area (Å²) in [5.41, 5.74) is 0.731. The summed E-state index contributed by atoms with van der Waals surface area (Å²) in [6.07, 6.45) is 0. The molecular formula is C15H22FN3O. The standard InChI is InChI=1S/C15H22FN3O/c1-4-17-14-12(6-5-7-13(14)16)15(20)19-9-8-18(3)10-11(19)2/h5-7,11,17H,4,8-10H2,1-3H3. The maximum absolute atomic E-state index is 13.9. The van der Waals surface area contributed by atoms with E-state index < -0.39 is 0 Å². The normalized spacial score (nSPS) is 20.0. The first-order valence-corrected chi connectivity index (χ1v) is 7.06. The topological polar surface area (TPSA) is 35.6 Å². The molecule has 1 aromatic rings. The van der Waals surface area contributed by atoms with Crippen LogP contribution in [0.3, 0.4) is 0 Å².